The van der Waals surface area contributed by atoms with E-state index in [0.29, 0.717) is 31.9 Å². The van der Waals surface area contributed by atoms with Crippen LogP contribution < -0.4 is 0 Å². The van der Waals surface area contributed by atoms with Gasteiger partial charge in [0.25, 0.3) is 0 Å². The number of benzene rings is 2. The van der Waals surface area contributed by atoms with Gasteiger partial charge in [-0.2, -0.15) is 13.2 Å². The van der Waals surface area contributed by atoms with Crippen LogP contribution in [0.3, 0.4) is 0 Å². The maximum absolute atomic E-state index is 13.1. The van der Waals surface area contributed by atoms with E-state index in [9.17, 15) is 18.0 Å². The Balaban J connectivity index is 1.73. The summed E-state index contributed by atoms with van der Waals surface area (Å²) in [6, 6.07) is 11.2. The molecular formula is C24H25F3N2O2. The fraction of sp³-hybridized carbons (Fsp3) is 0.375. The number of nitrogens with one attached hydrogen (secondary N) is 1. The van der Waals surface area contributed by atoms with E-state index in [-0.39, 0.29) is 18.2 Å². The number of rotatable bonds is 5. The second kappa shape index (κ2) is 8.75. The monoisotopic (exact) mass is 430 g/mol. The minimum atomic E-state index is -4.39. The second-order valence-corrected chi connectivity index (χ2v) is 7.81. The minimum Gasteiger partial charge on any atom is -0.378 e. The number of alkyl halides is 3. The number of aromatic nitrogens is 1. The van der Waals surface area contributed by atoms with Gasteiger partial charge in [-0.15, -0.1) is 0 Å². The lowest BCUT2D eigenvalue weighted by Gasteiger charge is -2.29. The van der Waals surface area contributed by atoms with E-state index in [0.717, 1.165) is 40.6 Å². The molecule has 0 radical (unpaired) electrons. The van der Waals surface area contributed by atoms with Crippen LogP contribution in [0.5, 0.6) is 0 Å². The molecule has 4 rings (SSSR count). The lowest BCUT2D eigenvalue weighted by molar-refractivity contribution is -0.138. The number of fused-ring (bicyclic) bond motifs is 1. The van der Waals surface area contributed by atoms with Gasteiger partial charge in [0.1, 0.15) is 0 Å². The molecule has 1 atom stereocenters. The number of para-hydroxylation sites is 1. The van der Waals surface area contributed by atoms with Gasteiger partial charge in [-0.05, 0) is 35.2 Å². The van der Waals surface area contributed by atoms with Crippen molar-refractivity contribution >= 4 is 16.8 Å². The SMILES string of the molecule is CCc1cccc2c([C@@H](CC(=O)N3CCOCC3)c3ccc(C(F)(F)F)cc3)c[nH]c12. The maximum atomic E-state index is 13.1. The van der Waals surface area contributed by atoms with Gasteiger partial charge in [0, 0.05) is 42.5 Å². The molecule has 1 aliphatic rings. The molecule has 0 spiro atoms. The van der Waals surface area contributed by atoms with Gasteiger partial charge >= 0.3 is 6.18 Å². The Hall–Kier alpha value is -2.80. The number of amides is 1. The van der Waals surface area contributed by atoms with Crippen LogP contribution in [0.4, 0.5) is 13.2 Å². The van der Waals surface area contributed by atoms with E-state index in [2.05, 4.69) is 18.0 Å². The van der Waals surface area contributed by atoms with Crippen LogP contribution in [0.25, 0.3) is 10.9 Å². The van der Waals surface area contributed by atoms with E-state index in [4.69, 9.17) is 4.74 Å². The molecule has 4 nitrogen and oxygen atoms in total. The Labute approximate surface area is 179 Å². The zero-order valence-electron chi connectivity index (χ0n) is 17.3. The molecule has 0 saturated carbocycles. The number of carbonyl (C=O) groups is 1. The van der Waals surface area contributed by atoms with Gasteiger partial charge in [-0.3, -0.25) is 4.79 Å². The third kappa shape index (κ3) is 4.46. The predicted molar refractivity (Wildman–Crippen MR) is 113 cm³/mol. The van der Waals surface area contributed by atoms with Crippen molar-refractivity contribution in [2.24, 2.45) is 0 Å². The van der Waals surface area contributed by atoms with Crippen LogP contribution in [0, 0.1) is 0 Å². The molecule has 0 bridgehead atoms. The molecule has 0 aliphatic carbocycles. The number of hydrogen-bond acceptors (Lipinski definition) is 2. The summed E-state index contributed by atoms with van der Waals surface area (Å²) in [5.41, 5.74) is 3.09. The van der Waals surface area contributed by atoms with Crippen LogP contribution in [-0.2, 0) is 22.1 Å². The highest BCUT2D eigenvalue weighted by atomic mass is 19.4. The van der Waals surface area contributed by atoms with Crippen LogP contribution in [0.15, 0.2) is 48.7 Å². The average molecular weight is 430 g/mol. The standard InChI is InChI=1S/C24H25F3N2O2/c1-2-16-4-3-5-19-21(15-28-23(16)19)20(14-22(30)29-10-12-31-13-11-29)17-6-8-18(9-7-17)24(25,26)27/h3-9,15,20,28H,2,10-14H2,1H3/t20-/m0/s1. The van der Waals surface area contributed by atoms with Crippen molar-refractivity contribution < 1.29 is 22.7 Å². The lowest BCUT2D eigenvalue weighted by atomic mass is 9.87. The number of H-pyrrole nitrogens is 1. The molecule has 1 fully saturated rings. The minimum absolute atomic E-state index is 0.0193. The van der Waals surface area contributed by atoms with Crippen molar-refractivity contribution in [3.63, 3.8) is 0 Å². The highest BCUT2D eigenvalue weighted by Gasteiger charge is 2.31. The number of carbonyl (C=O) groups excluding carboxylic acids is 1. The molecule has 0 unspecified atom stereocenters. The first-order chi connectivity index (χ1) is 14.9. The van der Waals surface area contributed by atoms with Crippen molar-refractivity contribution in [2.45, 2.75) is 31.9 Å². The quantitative estimate of drug-likeness (QED) is 0.610. The molecule has 1 N–H and O–H groups in total. The first-order valence-corrected chi connectivity index (χ1v) is 10.5. The van der Waals surface area contributed by atoms with Crippen molar-refractivity contribution in [2.75, 3.05) is 26.3 Å². The fourth-order valence-corrected chi connectivity index (χ4v) is 4.25. The molecule has 31 heavy (non-hydrogen) atoms. The molecule has 3 aromatic rings. The molecule has 7 heteroatoms. The van der Waals surface area contributed by atoms with E-state index >= 15 is 0 Å². The summed E-state index contributed by atoms with van der Waals surface area (Å²) in [7, 11) is 0. The Morgan fingerprint density at radius 2 is 1.84 bits per heavy atom. The van der Waals surface area contributed by atoms with Crippen molar-refractivity contribution in [1.29, 1.82) is 0 Å². The number of hydrogen-bond donors (Lipinski definition) is 1. The van der Waals surface area contributed by atoms with E-state index in [1.165, 1.54) is 12.1 Å². The molecule has 2 aromatic carbocycles. The summed E-state index contributed by atoms with van der Waals surface area (Å²) in [5.74, 6) is -0.368. The van der Waals surface area contributed by atoms with E-state index in [1.54, 1.807) is 4.90 Å². The number of aryl methyl sites for hydroxylation is 1. The summed E-state index contributed by atoms with van der Waals surface area (Å²) in [5, 5.41) is 0.999. The van der Waals surface area contributed by atoms with Crippen LogP contribution in [0.2, 0.25) is 0 Å². The van der Waals surface area contributed by atoms with Crippen molar-refractivity contribution in [3.05, 3.63) is 70.9 Å². The van der Waals surface area contributed by atoms with Gasteiger partial charge in [0.05, 0.1) is 18.8 Å². The summed E-state index contributed by atoms with van der Waals surface area (Å²) in [6.45, 7) is 4.15. The maximum Gasteiger partial charge on any atom is 0.416 e. The highest BCUT2D eigenvalue weighted by Crippen LogP contribution is 2.37. The zero-order chi connectivity index (χ0) is 22.0. The predicted octanol–water partition coefficient (Wildman–Crippen LogP) is 5.13. The summed E-state index contributed by atoms with van der Waals surface area (Å²) >= 11 is 0. The van der Waals surface area contributed by atoms with Gasteiger partial charge in [-0.1, -0.05) is 37.3 Å². The van der Waals surface area contributed by atoms with E-state index in [1.807, 2.05) is 18.3 Å². The molecule has 2 heterocycles. The Morgan fingerprint density at radius 1 is 1.13 bits per heavy atom. The van der Waals surface area contributed by atoms with Gasteiger partial charge in [0.2, 0.25) is 5.91 Å². The first-order valence-electron chi connectivity index (χ1n) is 10.5. The van der Waals surface area contributed by atoms with Gasteiger partial charge in [-0.25, -0.2) is 0 Å². The average Bonchev–Trinajstić information content (AvgIpc) is 3.21. The van der Waals surface area contributed by atoms with E-state index < -0.39 is 11.7 Å². The van der Waals surface area contributed by atoms with Crippen molar-refractivity contribution in [3.8, 4) is 0 Å². The first kappa shape index (κ1) is 21.4. The Bertz CT molecular complexity index is 1050. The number of ether oxygens (including phenoxy) is 1. The zero-order valence-corrected chi connectivity index (χ0v) is 17.3. The number of halogens is 3. The number of morpholine rings is 1. The lowest BCUT2D eigenvalue weighted by Crippen LogP contribution is -2.41. The number of aromatic amines is 1. The van der Waals surface area contributed by atoms with Crippen LogP contribution in [-0.4, -0.2) is 42.1 Å². The fourth-order valence-electron chi connectivity index (χ4n) is 4.25. The van der Waals surface area contributed by atoms with Crippen LogP contribution >= 0.6 is 0 Å². The highest BCUT2D eigenvalue weighted by molar-refractivity contribution is 5.88. The topological polar surface area (TPSA) is 45.3 Å². The normalized spacial score (nSPS) is 15.9. The summed E-state index contributed by atoms with van der Waals surface area (Å²) in [4.78, 5) is 18.1. The molecule has 1 amide bonds. The summed E-state index contributed by atoms with van der Waals surface area (Å²) < 4.78 is 44.5. The summed E-state index contributed by atoms with van der Waals surface area (Å²) in [6.07, 6.45) is -1.46. The second-order valence-electron chi connectivity index (χ2n) is 7.81. The Morgan fingerprint density at radius 3 is 2.48 bits per heavy atom. The number of nitrogens with zero attached hydrogens (tertiary/aromatic N) is 1. The van der Waals surface area contributed by atoms with Crippen LogP contribution in [0.1, 0.15) is 41.5 Å². The molecule has 1 aliphatic heterocycles. The molecule has 164 valence electrons. The Kier molecular flexibility index (Phi) is 6.05. The molecule has 1 saturated heterocycles. The van der Waals surface area contributed by atoms with Gasteiger partial charge in [0.15, 0.2) is 0 Å². The molecule has 1 aromatic heterocycles. The largest absolute Gasteiger partial charge is 0.416 e. The third-order valence-electron chi connectivity index (χ3n) is 5.97. The van der Waals surface area contributed by atoms with Gasteiger partial charge < -0.3 is 14.6 Å². The third-order valence-corrected chi connectivity index (χ3v) is 5.97. The van der Waals surface area contributed by atoms with Crippen molar-refractivity contribution in [1.82, 2.24) is 9.88 Å². The molecular weight excluding hydrogens is 405 g/mol. The smallest absolute Gasteiger partial charge is 0.378 e.